The van der Waals surface area contributed by atoms with E-state index in [1.165, 1.54) is 16.2 Å². The van der Waals surface area contributed by atoms with E-state index in [9.17, 15) is 19.8 Å². The number of aryl methyl sites for hydroxylation is 1. The van der Waals surface area contributed by atoms with Crippen molar-refractivity contribution < 1.29 is 33.8 Å². The number of aromatic hydroxyl groups is 1. The van der Waals surface area contributed by atoms with Crippen molar-refractivity contribution in [2.75, 3.05) is 87.7 Å². The number of nitrogen functional groups attached to an aromatic ring is 1. The standard InChI is InChI=1S/C53H65N13O7S/c1-32(2)49(53(70)65-30-39(67)24-44(65)52(69)58-33(3)35-9-12-41(56-27-35)50-34(4)57-31-74-50)46-26-48(61-73-46)72-22-20-63-17-15-62(16-18-63)19-21-71-47-23-36(13-14-55-47)66-37-10-11-38(66)29-64(28-37)43-25-42(59-60-51(43)54)40-7-5-6-8-45(40)68/h5-9,12-14,23,25-27,31-33,37-39,44,49,67-68H,10-11,15-22,24,28-30H2,1-4H3,(H2,54,60)(H,58,69)/t33-,37?,38?,39+,44-,49-/m0/s1. The molecule has 4 aliphatic rings. The number of nitrogens with zero attached hydrogens (tertiary/aromatic N) is 11. The minimum absolute atomic E-state index is 0.0395. The quantitative estimate of drug-likeness (QED) is 0.0871. The second-order valence-electron chi connectivity index (χ2n) is 20.1. The first kappa shape index (κ1) is 50.6. The van der Waals surface area contributed by atoms with Gasteiger partial charge in [-0.1, -0.05) is 32.0 Å². The lowest BCUT2D eigenvalue weighted by atomic mass is 9.91. The van der Waals surface area contributed by atoms with Crippen LogP contribution in [-0.4, -0.2) is 163 Å². The molecule has 0 radical (unpaired) electrons. The summed E-state index contributed by atoms with van der Waals surface area (Å²) in [6.07, 6.45) is 4.99. The molecule has 5 aromatic heterocycles. The van der Waals surface area contributed by atoms with E-state index >= 15 is 0 Å². The lowest BCUT2D eigenvalue weighted by molar-refractivity contribution is -0.141. The van der Waals surface area contributed by atoms with E-state index in [-0.39, 0.29) is 54.6 Å². The van der Waals surface area contributed by atoms with Crippen molar-refractivity contribution >= 4 is 40.3 Å². The Balaban J connectivity index is 0.655. The Morgan fingerprint density at radius 1 is 0.878 bits per heavy atom. The number of nitrogens with two attached hydrogens (primary N) is 1. The average Bonchev–Trinajstić information content (AvgIpc) is 4.20. The van der Waals surface area contributed by atoms with Crippen molar-refractivity contribution in [2.24, 2.45) is 5.92 Å². The summed E-state index contributed by atoms with van der Waals surface area (Å²) in [6, 6.07) is 18.0. The largest absolute Gasteiger partial charge is 0.507 e. The number of nitrogens with one attached hydrogen (secondary N) is 1. The molecule has 0 saturated carbocycles. The maximum atomic E-state index is 14.2. The number of aliphatic hydroxyl groups is 1. The van der Waals surface area contributed by atoms with Crippen LogP contribution in [0.5, 0.6) is 17.5 Å². The number of ether oxygens (including phenoxy) is 2. The monoisotopic (exact) mass is 1030 g/mol. The number of thiazole rings is 1. The molecular weight excluding hydrogens is 963 g/mol. The highest BCUT2D eigenvalue weighted by Crippen LogP contribution is 2.40. The van der Waals surface area contributed by atoms with Gasteiger partial charge >= 0.3 is 0 Å². The molecule has 74 heavy (non-hydrogen) atoms. The molecule has 10 rings (SSSR count). The van der Waals surface area contributed by atoms with Crippen LogP contribution in [0.2, 0.25) is 0 Å². The average molecular weight is 1030 g/mol. The van der Waals surface area contributed by atoms with Crippen molar-refractivity contribution in [1.29, 1.82) is 0 Å². The zero-order valence-electron chi connectivity index (χ0n) is 42.3. The van der Waals surface area contributed by atoms with Crippen LogP contribution in [0, 0.1) is 12.8 Å². The van der Waals surface area contributed by atoms with Gasteiger partial charge in [0.05, 0.1) is 45.3 Å². The van der Waals surface area contributed by atoms with Gasteiger partial charge in [-0.15, -0.1) is 21.5 Å². The number of para-hydroxylation sites is 1. The van der Waals surface area contributed by atoms with Crippen LogP contribution in [-0.2, 0) is 9.59 Å². The SMILES string of the molecule is Cc1ncsc1-c1ccc([C@H](C)NC(=O)[C@@H]2C[C@@H](O)CN2C(=O)[C@H](c2cc(OCCN3CCN(CCOc4cc(N5C6CCC5CN(c5cc(-c7ccccc7O)nnc5N)C6)ccn4)CC3)no2)C(C)C)cn1. The molecule has 0 aliphatic carbocycles. The summed E-state index contributed by atoms with van der Waals surface area (Å²) in [5, 5.41) is 36.9. The molecule has 2 unspecified atom stereocenters. The molecule has 5 N–H and O–H groups in total. The van der Waals surface area contributed by atoms with Gasteiger partial charge in [-0.3, -0.25) is 24.4 Å². The highest BCUT2D eigenvalue weighted by molar-refractivity contribution is 7.13. The highest BCUT2D eigenvalue weighted by atomic mass is 32.1. The fourth-order valence-corrected chi connectivity index (χ4v) is 11.6. The van der Waals surface area contributed by atoms with Gasteiger partial charge in [-0.2, -0.15) is 0 Å². The molecule has 0 spiro atoms. The fraction of sp³-hybridized carbons (Fsp3) is 0.472. The molecule has 390 valence electrons. The number of aromatic nitrogens is 6. The van der Waals surface area contributed by atoms with Gasteiger partial charge in [0.2, 0.25) is 17.7 Å². The van der Waals surface area contributed by atoms with Crippen LogP contribution in [0.1, 0.15) is 69.0 Å². The number of phenols is 1. The Bertz CT molecular complexity index is 2880. The number of likely N-dealkylation sites (tertiary alicyclic amines) is 1. The summed E-state index contributed by atoms with van der Waals surface area (Å²) < 4.78 is 18.0. The van der Waals surface area contributed by atoms with Gasteiger partial charge in [-0.25, -0.2) is 9.97 Å². The molecule has 4 fully saturated rings. The van der Waals surface area contributed by atoms with Crippen LogP contribution in [0.3, 0.4) is 0 Å². The number of aliphatic hydroxyl groups excluding tert-OH is 1. The van der Waals surface area contributed by atoms with E-state index in [0.717, 1.165) is 91.9 Å². The van der Waals surface area contributed by atoms with E-state index in [1.54, 1.807) is 29.9 Å². The number of hydrogen-bond donors (Lipinski definition) is 4. The molecule has 4 aliphatic heterocycles. The number of amides is 2. The first-order chi connectivity index (χ1) is 35.9. The van der Waals surface area contributed by atoms with Gasteiger partial charge < -0.3 is 50.0 Å². The topological polar surface area (TPSA) is 238 Å². The molecule has 2 amide bonds. The minimum Gasteiger partial charge on any atom is -0.507 e. The van der Waals surface area contributed by atoms with E-state index in [1.807, 2.05) is 64.2 Å². The van der Waals surface area contributed by atoms with Crippen molar-refractivity contribution in [3.05, 3.63) is 95.6 Å². The number of pyridine rings is 2. The summed E-state index contributed by atoms with van der Waals surface area (Å²) in [5.74, 6) is 0.224. The fourth-order valence-electron chi connectivity index (χ4n) is 10.9. The van der Waals surface area contributed by atoms with E-state index in [0.29, 0.717) is 54.4 Å². The summed E-state index contributed by atoms with van der Waals surface area (Å²) in [4.78, 5) is 53.4. The molecule has 6 aromatic rings. The molecule has 21 heteroatoms. The van der Waals surface area contributed by atoms with Crippen LogP contribution in [0.15, 0.2) is 83.1 Å². The highest BCUT2D eigenvalue weighted by Gasteiger charge is 2.44. The number of piperazine rings is 2. The molecule has 2 bridgehead atoms. The summed E-state index contributed by atoms with van der Waals surface area (Å²) in [7, 11) is 0. The zero-order valence-corrected chi connectivity index (χ0v) is 43.1. The van der Waals surface area contributed by atoms with Crippen molar-refractivity contribution in [1.82, 2.24) is 50.3 Å². The third-order valence-corrected chi connectivity index (χ3v) is 15.8. The zero-order chi connectivity index (χ0) is 51.5. The Hall–Kier alpha value is -6.94. The number of β-amino-alcohol motifs (C(OH)–C–C–N with tert-alkyl or cyclic N) is 1. The first-order valence-electron chi connectivity index (χ1n) is 25.6. The molecule has 9 heterocycles. The van der Waals surface area contributed by atoms with Gasteiger partial charge in [0.15, 0.2) is 11.6 Å². The van der Waals surface area contributed by atoms with Crippen molar-refractivity contribution in [3.63, 3.8) is 0 Å². The second-order valence-corrected chi connectivity index (χ2v) is 21.0. The second kappa shape index (κ2) is 22.3. The summed E-state index contributed by atoms with van der Waals surface area (Å²) in [5.41, 5.74) is 13.9. The van der Waals surface area contributed by atoms with E-state index < -0.39 is 18.1 Å². The lowest BCUT2D eigenvalue weighted by Gasteiger charge is -2.43. The number of carbonyl (C=O) groups excluding carboxylic acids is 2. The van der Waals surface area contributed by atoms with Crippen LogP contribution < -0.4 is 30.3 Å². The number of hydrogen-bond acceptors (Lipinski definition) is 19. The summed E-state index contributed by atoms with van der Waals surface area (Å²) in [6.45, 7) is 15.2. The van der Waals surface area contributed by atoms with Crippen molar-refractivity contribution in [2.45, 2.75) is 83.1 Å². The Morgan fingerprint density at radius 2 is 1.61 bits per heavy atom. The number of carbonyl (C=O) groups is 2. The number of fused-ring (bicyclic) bond motifs is 2. The Labute approximate surface area is 434 Å². The van der Waals surface area contributed by atoms with E-state index in [4.69, 9.17) is 19.7 Å². The summed E-state index contributed by atoms with van der Waals surface area (Å²) >= 11 is 1.53. The number of benzene rings is 1. The molecule has 20 nitrogen and oxygen atoms in total. The minimum atomic E-state index is -0.851. The maximum Gasteiger partial charge on any atom is 0.254 e. The smallest absolute Gasteiger partial charge is 0.254 e. The first-order valence-corrected chi connectivity index (χ1v) is 26.5. The number of rotatable bonds is 18. The predicted octanol–water partition coefficient (Wildman–Crippen LogP) is 5.15. The molecule has 6 atom stereocenters. The van der Waals surface area contributed by atoms with E-state index in [2.05, 4.69) is 67.4 Å². The third-order valence-electron chi connectivity index (χ3n) is 14.8. The maximum absolute atomic E-state index is 14.2. The van der Waals surface area contributed by atoms with Crippen molar-refractivity contribution in [3.8, 4) is 39.3 Å². The normalized spacial score (nSPS) is 21.0. The Kier molecular flexibility index (Phi) is 15.2. The molecule has 4 saturated heterocycles. The number of phenolic OH excluding ortho intramolecular Hbond substituents is 1. The van der Waals surface area contributed by atoms with Gasteiger partial charge in [-0.05, 0) is 73.7 Å². The Morgan fingerprint density at radius 3 is 2.28 bits per heavy atom. The number of anilines is 3. The van der Waals surface area contributed by atoms with Gasteiger partial charge in [0.1, 0.15) is 30.9 Å². The third kappa shape index (κ3) is 11.1. The predicted molar refractivity (Wildman–Crippen MR) is 280 cm³/mol. The lowest BCUT2D eigenvalue weighted by Crippen LogP contribution is -2.54. The molecular formula is C53H65N13O7S. The van der Waals surface area contributed by atoms with Crippen LogP contribution in [0.25, 0.3) is 21.8 Å². The van der Waals surface area contributed by atoms with Gasteiger partial charge in [0.25, 0.3) is 5.88 Å². The van der Waals surface area contributed by atoms with Crippen LogP contribution in [0.4, 0.5) is 17.2 Å². The molecule has 1 aromatic carbocycles. The van der Waals surface area contributed by atoms with Crippen LogP contribution >= 0.6 is 11.3 Å². The van der Waals surface area contributed by atoms with Gasteiger partial charge in [0, 0.05) is 113 Å².